The molecule has 2 aromatic rings. The van der Waals surface area contributed by atoms with Crippen LogP contribution >= 0.6 is 0 Å². The summed E-state index contributed by atoms with van der Waals surface area (Å²) in [5.74, 6) is 0.534. The van der Waals surface area contributed by atoms with E-state index in [9.17, 15) is 9.59 Å². The number of methoxy groups -OCH3 is 1. The number of benzene rings is 2. The Morgan fingerprint density at radius 1 is 1.03 bits per heavy atom. The summed E-state index contributed by atoms with van der Waals surface area (Å²) in [7, 11) is 1.60. The van der Waals surface area contributed by atoms with Crippen LogP contribution in [0.5, 0.6) is 5.75 Å². The van der Waals surface area contributed by atoms with Gasteiger partial charge in [-0.05, 0) is 31.2 Å². The van der Waals surface area contributed by atoms with Crippen molar-refractivity contribution in [3.05, 3.63) is 59.7 Å². The lowest BCUT2D eigenvalue weighted by molar-refractivity contribution is -1.02. The summed E-state index contributed by atoms with van der Waals surface area (Å²) in [6, 6.07) is 15.5. The predicted molar refractivity (Wildman–Crippen MR) is 110 cm³/mol. The topological polar surface area (TPSA) is 55.5 Å². The molecule has 0 aromatic heterocycles. The first-order chi connectivity index (χ1) is 14.0. The summed E-state index contributed by atoms with van der Waals surface area (Å²) in [5, 5.41) is 0. The minimum absolute atomic E-state index is 0.0719. The summed E-state index contributed by atoms with van der Waals surface area (Å²) in [5.41, 5.74) is 3.28. The van der Waals surface area contributed by atoms with Crippen LogP contribution in [0.1, 0.15) is 17.5 Å². The third-order valence-corrected chi connectivity index (χ3v) is 6.11. The number of quaternary nitrogens is 2. The van der Waals surface area contributed by atoms with Crippen molar-refractivity contribution in [1.29, 1.82) is 0 Å². The number of imide groups is 1. The molecule has 0 aliphatic carbocycles. The third-order valence-electron chi connectivity index (χ3n) is 6.11. The lowest BCUT2D eigenvalue weighted by atomic mass is 10.1. The van der Waals surface area contributed by atoms with Gasteiger partial charge in [0.2, 0.25) is 5.91 Å². The molecule has 2 N–H and O–H groups in total. The van der Waals surface area contributed by atoms with Crippen molar-refractivity contribution >= 4 is 17.5 Å². The van der Waals surface area contributed by atoms with Crippen molar-refractivity contribution in [1.82, 2.24) is 0 Å². The Labute approximate surface area is 171 Å². The Kier molecular flexibility index (Phi) is 5.65. The van der Waals surface area contributed by atoms with Crippen molar-refractivity contribution in [2.24, 2.45) is 0 Å². The van der Waals surface area contributed by atoms with Crippen LogP contribution in [0.3, 0.4) is 0 Å². The number of aryl methyl sites for hydroxylation is 1. The fourth-order valence-corrected chi connectivity index (χ4v) is 4.51. The van der Waals surface area contributed by atoms with Crippen LogP contribution in [0.4, 0.5) is 5.69 Å². The number of piperazine rings is 1. The van der Waals surface area contributed by atoms with Crippen molar-refractivity contribution < 1.29 is 24.1 Å². The lowest BCUT2D eigenvalue weighted by Gasteiger charge is -2.32. The molecular weight excluding hydrogens is 366 g/mol. The van der Waals surface area contributed by atoms with Gasteiger partial charge in [0, 0.05) is 5.56 Å². The van der Waals surface area contributed by atoms with Gasteiger partial charge in [0.1, 0.15) is 38.5 Å². The number of anilines is 1. The zero-order valence-electron chi connectivity index (χ0n) is 17.1. The van der Waals surface area contributed by atoms with Crippen molar-refractivity contribution in [2.45, 2.75) is 25.9 Å². The summed E-state index contributed by atoms with van der Waals surface area (Å²) < 4.78 is 5.17. The molecule has 0 saturated carbocycles. The molecule has 6 heteroatoms. The van der Waals surface area contributed by atoms with Crippen LogP contribution in [0.2, 0.25) is 0 Å². The molecule has 2 saturated heterocycles. The molecule has 2 aromatic carbocycles. The van der Waals surface area contributed by atoms with Crippen LogP contribution in [-0.2, 0) is 16.1 Å². The maximum Gasteiger partial charge on any atom is 0.292 e. The summed E-state index contributed by atoms with van der Waals surface area (Å²) >= 11 is 0. The van der Waals surface area contributed by atoms with E-state index in [4.69, 9.17) is 4.74 Å². The highest BCUT2D eigenvalue weighted by atomic mass is 16.5. The number of hydrogen-bond donors (Lipinski definition) is 2. The molecule has 0 spiro atoms. The van der Waals surface area contributed by atoms with E-state index in [1.54, 1.807) is 36.3 Å². The molecule has 0 bridgehead atoms. The molecule has 0 unspecified atom stereocenters. The van der Waals surface area contributed by atoms with Gasteiger partial charge in [-0.2, -0.15) is 0 Å². The van der Waals surface area contributed by atoms with Gasteiger partial charge in [-0.15, -0.1) is 0 Å². The van der Waals surface area contributed by atoms with Gasteiger partial charge < -0.3 is 14.5 Å². The predicted octanol–water partition coefficient (Wildman–Crippen LogP) is -0.381. The molecular formula is C23H29N3O3+2. The summed E-state index contributed by atoms with van der Waals surface area (Å²) in [6.07, 6.45) is 0.299. The number of amides is 2. The van der Waals surface area contributed by atoms with E-state index in [2.05, 4.69) is 31.2 Å². The van der Waals surface area contributed by atoms with Gasteiger partial charge in [-0.25, -0.2) is 4.90 Å². The third kappa shape index (κ3) is 4.18. The minimum Gasteiger partial charge on any atom is -0.497 e. The van der Waals surface area contributed by atoms with Gasteiger partial charge in [0.25, 0.3) is 5.91 Å². The van der Waals surface area contributed by atoms with Crippen molar-refractivity contribution in [3.8, 4) is 5.75 Å². The first-order valence-corrected chi connectivity index (χ1v) is 10.3. The lowest BCUT2D eigenvalue weighted by Crippen LogP contribution is -3.29. The number of carbonyl (C=O) groups is 2. The van der Waals surface area contributed by atoms with E-state index in [1.807, 2.05) is 0 Å². The molecule has 4 rings (SSSR count). The monoisotopic (exact) mass is 395 g/mol. The van der Waals surface area contributed by atoms with Crippen molar-refractivity contribution in [2.75, 3.05) is 38.2 Å². The van der Waals surface area contributed by atoms with Gasteiger partial charge >= 0.3 is 0 Å². The van der Waals surface area contributed by atoms with Crippen LogP contribution in [-0.4, -0.2) is 51.1 Å². The molecule has 1 atom stereocenters. The number of nitrogens with one attached hydrogen (secondary N) is 2. The molecule has 152 valence electrons. The normalized spacial score (nSPS) is 24.8. The number of hydrogen-bond acceptors (Lipinski definition) is 3. The Morgan fingerprint density at radius 3 is 2.41 bits per heavy atom. The zero-order chi connectivity index (χ0) is 20.4. The molecule has 2 aliphatic heterocycles. The van der Waals surface area contributed by atoms with Crippen LogP contribution in [0.15, 0.2) is 48.5 Å². The standard InChI is InChI=1S/C23H27N3O3/c1-17-4-3-5-18(14-17)16-24-10-12-25(13-11-24)21-15-22(27)26(23(21)28)19-6-8-20(29-2)9-7-19/h3-9,14,21H,10-13,15-16H2,1-2H3/p+2/t21-/m1/s1. The molecule has 6 nitrogen and oxygen atoms in total. The van der Waals surface area contributed by atoms with Crippen LogP contribution < -0.4 is 19.4 Å². The van der Waals surface area contributed by atoms with Gasteiger partial charge in [0.05, 0.1) is 19.2 Å². The molecule has 2 heterocycles. The average Bonchev–Trinajstić information content (AvgIpc) is 3.03. The second kappa shape index (κ2) is 8.35. The van der Waals surface area contributed by atoms with Gasteiger partial charge in [-0.3, -0.25) is 9.59 Å². The minimum atomic E-state index is -0.259. The van der Waals surface area contributed by atoms with Gasteiger partial charge in [-0.1, -0.05) is 29.8 Å². The quantitative estimate of drug-likeness (QED) is 0.679. The van der Waals surface area contributed by atoms with E-state index < -0.39 is 0 Å². The smallest absolute Gasteiger partial charge is 0.292 e. The first kappa shape index (κ1) is 19.6. The van der Waals surface area contributed by atoms with E-state index in [-0.39, 0.29) is 17.9 Å². The second-order valence-corrected chi connectivity index (χ2v) is 8.10. The number of nitrogens with zero attached hydrogens (tertiary/aromatic N) is 1. The first-order valence-electron chi connectivity index (χ1n) is 10.3. The van der Waals surface area contributed by atoms with E-state index in [1.165, 1.54) is 20.9 Å². The van der Waals surface area contributed by atoms with E-state index in [0.29, 0.717) is 17.9 Å². The number of rotatable bonds is 5. The number of carbonyl (C=O) groups excluding carboxylic acids is 2. The molecule has 2 amide bonds. The fraction of sp³-hybridized carbons (Fsp3) is 0.391. The highest BCUT2D eigenvalue weighted by Crippen LogP contribution is 2.24. The number of ether oxygens (including phenoxy) is 1. The van der Waals surface area contributed by atoms with Gasteiger partial charge in [0.15, 0.2) is 6.04 Å². The molecule has 0 radical (unpaired) electrons. The SMILES string of the molecule is COc1ccc(N2C(=O)C[C@@H]([NH+]3CC[NH+](Cc4cccc(C)c4)CC3)C2=O)cc1. The Morgan fingerprint density at radius 2 is 1.76 bits per heavy atom. The highest BCUT2D eigenvalue weighted by Gasteiger charge is 2.46. The van der Waals surface area contributed by atoms with Crippen LogP contribution in [0, 0.1) is 6.92 Å². The highest BCUT2D eigenvalue weighted by molar-refractivity contribution is 6.21. The van der Waals surface area contributed by atoms with E-state index in [0.717, 1.165) is 32.7 Å². The van der Waals surface area contributed by atoms with Crippen LogP contribution in [0.25, 0.3) is 0 Å². The fourth-order valence-electron chi connectivity index (χ4n) is 4.51. The maximum absolute atomic E-state index is 13.0. The zero-order valence-corrected chi connectivity index (χ0v) is 17.1. The summed E-state index contributed by atoms with van der Waals surface area (Å²) in [4.78, 5) is 29.7. The largest absolute Gasteiger partial charge is 0.497 e. The molecule has 2 aliphatic rings. The van der Waals surface area contributed by atoms with E-state index >= 15 is 0 Å². The Hall–Kier alpha value is -2.70. The van der Waals surface area contributed by atoms with Crippen molar-refractivity contribution in [3.63, 3.8) is 0 Å². The molecule has 2 fully saturated rings. The Balaban J connectivity index is 1.37. The average molecular weight is 396 g/mol. The summed E-state index contributed by atoms with van der Waals surface area (Å²) in [6.45, 7) is 7.01. The second-order valence-electron chi connectivity index (χ2n) is 8.10. The molecule has 29 heavy (non-hydrogen) atoms. The maximum atomic E-state index is 13.0. The Bertz CT molecular complexity index is 888.